The van der Waals surface area contributed by atoms with Gasteiger partial charge in [-0.25, -0.2) is 0 Å². The summed E-state index contributed by atoms with van der Waals surface area (Å²) in [6.45, 7) is 7.97. The maximum atomic E-state index is 6.36. The normalized spacial score (nSPS) is 12.4. The molecule has 0 aliphatic heterocycles. The van der Waals surface area contributed by atoms with Crippen LogP contribution in [0, 0.1) is 0 Å². The van der Waals surface area contributed by atoms with E-state index in [1.165, 1.54) is 0 Å². The Morgan fingerprint density at radius 3 is 1.15 bits per heavy atom. The zero-order valence-electron chi connectivity index (χ0n) is 18.5. The molecule has 0 bridgehead atoms. The number of ether oxygens (including phenoxy) is 1. The first-order valence-corrected chi connectivity index (χ1v) is 11.0. The maximum absolute atomic E-state index is 6.36. The molecule has 4 rings (SSSR count). The van der Waals surface area contributed by atoms with Gasteiger partial charge in [-0.1, -0.05) is 72.8 Å². The Kier molecular flexibility index (Phi) is 7.36. The van der Waals surface area contributed by atoms with Crippen LogP contribution in [0.1, 0.15) is 23.3 Å². The van der Waals surface area contributed by atoms with Crippen molar-refractivity contribution >= 4 is 22.7 Å². The van der Waals surface area contributed by atoms with E-state index in [9.17, 15) is 0 Å². The van der Waals surface area contributed by atoms with Crippen molar-refractivity contribution < 1.29 is 4.74 Å². The molecule has 33 heavy (non-hydrogen) atoms. The summed E-state index contributed by atoms with van der Waals surface area (Å²) in [6, 6.07) is 36.7. The average molecular weight is 433 g/mol. The van der Waals surface area contributed by atoms with E-state index in [0.717, 1.165) is 33.9 Å². The number of anilines is 4. The van der Waals surface area contributed by atoms with Crippen molar-refractivity contribution in [2.45, 2.75) is 12.2 Å². The summed E-state index contributed by atoms with van der Waals surface area (Å²) in [6.07, 6.45) is 3.14. The Morgan fingerprint density at radius 2 is 0.818 bits per heavy atom. The van der Waals surface area contributed by atoms with Crippen LogP contribution < -0.4 is 10.6 Å². The fourth-order valence-electron chi connectivity index (χ4n) is 3.59. The van der Waals surface area contributed by atoms with Crippen molar-refractivity contribution in [2.24, 2.45) is 0 Å². The van der Waals surface area contributed by atoms with E-state index in [4.69, 9.17) is 4.74 Å². The summed E-state index contributed by atoms with van der Waals surface area (Å²) in [5.74, 6) is 0. The van der Waals surface area contributed by atoms with E-state index in [1.807, 2.05) is 72.8 Å². The number of para-hydroxylation sites is 2. The highest BCUT2D eigenvalue weighted by atomic mass is 16.5. The summed E-state index contributed by atoms with van der Waals surface area (Å²) >= 11 is 0. The Hall–Kier alpha value is -4.08. The molecular weight excluding hydrogens is 404 g/mol. The molecule has 0 saturated carbocycles. The molecule has 0 radical (unpaired) electrons. The highest BCUT2D eigenvalue weighted by molar-refractivity contribution is 5.60. The van der Waals surface area contributed by atoms with E-state index < -0.39 is 0 Å². The minimum absolute atomic E-state index is 0.249. The summed E-state index contributed by atoms with van der Waals surface area (Å²) in [5.41, 5.74) is 6.23. The molecular formula is C30H28N2O. The van der Waals surface area contributed by atoms with E-state index in [-0.39, 0.29) is 12.2 Å². The van der Waals surface area contributed by atoms with Gasteiger partial charge in [0.2, 0.25) is 0 Å². The van der Waals surface area contributed by atoms with Gasteiger partial charge in [0.25, 0.3) is 0 Å². The van der Waals surface area contributed by atoms with Crippen LogP contribution in [-0.2, 0) is 4.74 Å². The van der Waals surface area contributed by atoms with Crippen LogP contribution in [0.2, 0.25) is 0 Å². The van der Waals surface area contributed by atoms with Crippen molar-refractivity contribution in [3.63, 3.8) is 0 Å². The Labute approximate surface area is 196 Å². The zero-order valence-corrected chi connectivity index (χ0v) is 18.5. The topological polar surface area (TPSA) is 33.3 Å². The van der Waals surface area contributed by atoms with Crippen molar-refractivity contribution in [1.29, 1.82) is 0 Å². The monoisotopic (exact) mass is 432 g/mol. The minimum Gasteiger partial charge on any atom is -0.357 e. The van der Waals surface area contributed by atoms with Gasteiger partial charge in [-0.05, 0) is 59.7 Å². The van der Waals surface area contributed by atoms with Gasteiger partial charge in [-0.3, -0.25) is 0 Å². The lowest BCUT2D eigenvalue weighted by Crippen LogP contribution is -2.07. The fourth-order valence-corrected chi connectivity index (χ4v) is 3.59. The lowest BCUT2D eigenvalue weighted by Gasteiger charge is -2.22. The SMILES string of the molecule is C=CC(OC(C=C)c1ccc(Nc2ccccc2)cc1)c1ccc(Nc2ccccc2)cc1. The van der Waals surface area contributed by atoms with Gasteiger partial charge in [0.15, 0.2) is 0 Å². The molecule has 3 nitrogen and oxygen atoms in total. The van der Waals surface area contributed by atoms with Crippen LogP contribution in [0.4, 0.5) is 22.7 Å². The van der Waals surface area contributed by atoms with Gasteiger partial charge < -0.3 is 15.4 Å². The predicted octanol–water partition coefficient (Wildman–Crippen LogP) is 8.34. The number of hydrogen-bond donors (Lipinski definition) is 2. The molecule has 0 saturated heterocycles. The molecule has 0 aliphatic rings. The molecule has 0 spiro atoms. The standard InChI is InChI=1S/C30H28N2O/c1-3-29(23-15-19-27(20-16-23)31-25-11-7-5-8-12-25)33-30(4-2)24-17-21-28(22-18-24)32-26-13-9-6-10-14-26/h3-22,29-32H,1-2H2. The van der Waals surface area contributed by atoms with Crippen LogP contribution in [0.25, 0.3) is 0 Å². The van der Waals surface area contributed by atoms with Gasteiger partial charge in [0.1, 0.15) is 12.2 Å². The average Bonchev–Trinajstić information content (AvgIpc) is 2.87. The quantitative estimate of drug-likeness (QED) is 0.247. The first kappa shape index (κ1) is 22.1. The highest BCUT2D eigenvalue weighted by Gasteiger charge is 2.15. The summed E-state index contributed by atoms with van der Waals surface area (Å²) in [5, 5.41) is 6.80. The molecule has 0 aliphatic carbocycles. The van der Waals surface area contributed by atoms with Crippen molar-refractivity contribution in [3.8, 4) is 0 Å². The highest BCUT2D eigenvalue weighted by Crippen LogP contribution is 2.30. The van der Waals surface area contributed by atoms with Gasteiger partial charge in [0.05, 0.1) is 0 Å². The van der Waals surface area contributed by atoms with Crippen molar-refractivity contribution in [3.05, 3.63) is 146 Å². The van der Waals surface area contributed by atoms with Gasteiger partial charge in [-0.15, -0.1) is 13.2 Å². The summed E-state index contributed by atoms with van der Waals surface area (Å²) in [4.78, 5) is 0. The lowest BCUT2D eigenvalue weighted by molar-refractivity contribution is 0.0403. The summed E-state index contributed by atoms with van der Waals surface area (Å²) < 4.78 is 6.36. The number of hydrogen-bond acceptors (Lipinski definition) is 3. The molecule has 2 N–H and O–H groups in total. The number of rotatable bonds is 10. The third kappa shape index (κ3) is 6.00. The van der Waals surface area contributed by atoms with E-state index >= 15 is 0 Å². The number of nitrogens with one attached hydrogen (secondary N) is 2. The fraction of sp³-hybridized carbons (Fsp3) is 0.0667. The van der Waals surface area contributed by atoms with Gasteiger partial charge >= 0.3 is 0 Å². The minimum atomic E-state index is -0.249. The third-order valence-electron chi connectivity index (χ3n) is 5.32. The second-order valence-corrected chi connectivity index (χ2v) is 7.67. The zero-order chi connectivity index (χ0) is 22.9. The number of benzene rings is 4. The smallest absolute Gasteiger partial charge is 0.102 e. The largest absolute Gasteiger partial charge is 0.357 e. The van der Waals surface area contributed by atoms with E-state index in [0.29, 0.717) is 0 Å². The molecule has 0 aromatic heterocycles. The molecule has 4 aromatic rings. The van der Waals surface area contributed by atoms with E-state index in [1.54, 1.807) is 0 Å². The first-order chi connectivity index (χ1) is 16.2. The Bertz CT molecular complexity index is 1060. The second kappa shape index (κ2) is 11.0. The van der Waals surface area contributed by atoms with Crippen LogP contribution in [0.5, 0.6) is 0 Å². The maximum Gasteiger partial charge on any atom is 0.102 e. The second-order valence-electron chi connectivity index (χ2n) is 7.67. The third-order valence-corrected chi connectivity index (χ3v) is 5.32. The summed E-state index contributed by atoms with van der Waals surface area (Å²) in [7, 11) is 0. The van der Waals surface area contributed by atoms with Crippen molar-refractivity contribution in [1.82, 2.24) is 0 Å². The van der Waals surface area contributed by atoms with Crippen molar-refractivity contribution in [2.75, 3.05) is 10.6 Å². The predicted molar refractivity (Wildman–Crippen MR) is 139 cm³/mol. The molecule has 3 heteroatoms. The van der Waals surface area contributed by atoms with Crippen LogP contribution >= 0.6 is 0 Å². The molecule has 0 amide bonds. The Morgan fingerprint density at radius 1 is 0.485 bits per heavy atom. The molecule has 4 aromatic carbocycles. The molecule has 164 valence electrons. The molecule has 0 fully saturated rings. The first-order valence-electron chi connectivity index (χ1n) is 11.0. The lowest BCUT2D eigenvalue weighted by atomic mass is 10.1. The molecule has 2 unspecified atom stereocenters. The van der Waals surface area contributed by atoms with E-state index in [2.05, 4.69) is 72.3 Å². The van der Waals surface area contributed by atoms with Crippen LogP contribution in [0.3, 0.4) is 0 Å². The Balaban J connectivity index is 1.42. The van der Waals surface area contributed by atoms with Gasteiger partial charge in [0, 0.05) is 22.7 Å². The van der Waals surface area contributed by atoms with Gasteiger partial charge in [-0.2, -0.15) is 0 Å². The molecule has 0 heterocycles. The van der Waals surface area contributed by atoms with Crippen LogP contribution in [0.15, 0.2) is 135 Å². The van der Waals surface area contributed by atoms with Crippen LogP contribution in [-0.4, -0.2) is 0 Å². The molecule has 2 atom stereocenters.